The summed E-state index contributed by atoms with van der Waals surface area (Å²) in [5.41, 5.74) is 5.18. The molecule has 0 aromatic carbocycles. The van der Waals surface area contributed by atoms with Crippen molar-refractivity contribution in [3.05, 3.63) is 5.01 Å². The summed E-state index contributed by atoms with van der Waals surface area (Å²) < 4.78 is 0. The van der Waals surface area contributed by atoms with E-state index in [4.69, 9.17) is 5.73 Å². The molecule has 1 aromatic heterocycles. The van der Waals surface area contributed by atoms with Gasteiger partial charge in [0.15, 0.2) is 0 Å². The second-order valence-corrected chi connectivity index (χ2v) is 7.39. The molecule has 6 heteroatoms. The third-order valence-corrected chi connectivity index (χ3v) is 5.02. The van der Waals surface area contributed by atoms with E-state index < -0.39 is 5.54 Å². The first-order valence-electron chi connectivity index (χ1n) is 7.94. The average molecular weight is 310 g/mol. The van der Waals surface area contributed by atoms with Crippen LogP contribution < -0.4 is 11.1 Å². The monoisotopic (exact) mass is 310 g/mol. The highest BCUT2D eigenvalue weighted by molar-refractivity contribution is 7.15. The van der Waals surface area contributed by atoms with Crippen molar-refractivity contribution in [3.63, 3.8) is 0 Å². The van der Waals surface area contributed by atoms with E-state index in [1.807, 2.05) is 6.92 Å². The van der Waals surface area contributed by atoms with E-state index in [9.17, 15) is 4.79 Å². The van der Waals surface area contributed by atoms with E-state index in [0.29, 0.717) is 11.6 Å². The fraction of sp³-hybridized carbons (Fsp3) is 0.800. The Balaban J connectivity index is 1.89. The zero-order valence-corrected chi connectivity index (χ0v) is 13.8. The first-order chi connectivity index (χ1) is 10.0. The number of amides is 1. The number of aromatic nitrogens is 2. The molecule has 1 heterocycles. The largest absolute Gasteiger partial charge is 0.318 e. The van der Waals surface area contributed by atoms with Gasteiger partial charge < -0.3 is 5.73 Å². The van der Waals surface area contributed by atoms with E-state index in [2.05, 4.69) is 15.5 Å². The van der Waals surface area contributed by atoms with Gasteiger partial charge in [-0.2, -0.15) is 0 Å². The Bertz CT molecular complexity index is 466. The first kappa shape index (κ1) is 16.4. The van der Waals surface area contributed by atoms with E-state index in [-0.39, 0.29) is 5.91 Å². The molecule has 1 aliphatic rings. The Morgan fingerprint density at radius 3 is 2.76 bits per heavy atom. The molecule has 1 aromatic rings. The summed E-state index contributed by atoms with van der Waals surface area (Å²) in [6, 6.07) is 0. The molecule has 2 rings (SSSR count). The molecule has 0 saturated heterocycles. The van der Waals surface area contributed by atoms with Crippen LogP contribution in [0, 0.1) is 5.92 Å². The number of carbonyl (C=O) groups excluding carboxylic acids is 1. The molecule has 0 bridgehead atoms. The highest BCUT2D eigenvalue weighted by Gasteiger charge is 2.28. The molecular weight excluding hydrogens is 284 g/mol. The molecule has 21 heavy (non-hydrogen) atoms. The third-order valence-electron chi connectivity index (χ3n) is 4.16. The summed E-state index contributed by atoms with van der Waals surface area (Å²) >= 11 is 1.48. The minimum atomic E-state index is -0.843. The maximum Gasteiger partial charge on any atom is 0.245 e. The zero-order chi connectivity index (χ0) is 15.3. The highest BCUT2D eigenvalue weighted by atomic mass is 32.1. The van der Waals surface area contributed by atoms with Gasteiger partial charge in [-0.1, -0.05) is 56.8 Å². The van der Waals surface area contributed by atoms with Crippen molar-refractivity contribution < 1.29 is 4.79 Å². The van der Waals surface area contributed by atoms with Gasteiger partial charge in [0.1, 0.15) is 5.01 Å². The molecule has 1 saturated carbocycles. The summed E-state index contributed by atoms with van der Waals surface area (Å²) in [7, 11) is 0. The Hall–Kier alpha value is -1.01. The number of anilines is 1. The van der Waals surface area contributed by atoms with Crippen molar-refractivity contribution in [2.45, 2.75) is 70.8 Å². The quantitative estimate of drug-likeness (QED) is 0.846. The topological polar surface area (TPSA) is 80.9 Å². The molecule has 1 unspecified atom stereocenters. The molecule has 1 atom stereocenters. The Kier molecular flexibility index (Phi) is 5.70. The normalized spacial score (nSPS) is 19.2. The van der Waals surface area contributed by atoms with Crippen LogP contribution in [0.3, 0.4) is 0 Å². The standard InChI is InChI=1S/C15H26N4OS/c1-3-9-15(2,16)13(20)17-14-19-18-12(21-14)10-11-7-5-4-6-8-11/h11H,3-10,16H2,1-2H3,(H,17,19,20). The minimum Gasteiger partial charge on any atom is -0.318 e. The van der Waals surface area contributed by atoms with Crippen molar-refractivity contribution in [2.75, 3.05) is 5.32 Å². The molecule has 0 spiro atoms. The SMILES string of the molecule is CCCC(C)(N)C(=O)Nc1nnc(CC2CCCCC2)s1. The number of nitrogens with zero attached hydrogens (tertiary/aromatic N) is 2. The molecule has 0 aliphatic heterocycles. The van der Waals surface area contributed by atoms with Gasteiger partial charge in [-0.3, -0.25) is 10.1 Å². The second kappa shape index (κ2) is 7.31. The van der Waals surface area contributed by atoms with Crippen LogP contribution in [0.15, 0.2) is 0 Å². The predicted molar refractivity (Wildman–Crippen MR) is 86.3 cm³/mol. The van der Waals surface area contributed by atoms with Crippen LogP contribution in [0.1, 0.15) is 63.8 Å². The van der Waals surface area contributed by atoms with Gasteiger partial charge in [-0.25, -0.2) is 0 Å². The number of nitrogens with two attached hydrogens (primary N) is 1. The van der Waals surface area contributed by atoms with Gasteiger partial charge in [0.2, 0.25) is 11.0 Å². The van der Waals surface area contributed by atoms with E-state index in [1.165, 1.54) is 43.4 Å². The Morgan fingerprint density at radius 1 is 1.38 bits per heavy atom. The van der Waals surface area contributed by atoms with Gasteiger partial charge >= 0.3 is 0 Å². The van der Waals surface area contributed by atoms with Crippen LogP contribution in [0.2, 0.25) is 0 Å². The summed E-state index contributed by atoms with van der Waals surface area (Å²) in [4.78, 5) is 12.1. The van der Waals surface area contributed by atoms with Crippen molar-refractivity contribution in [2.24, 2.45) is 11.7 Å². The predicted octanol–water partition coefficient (Wildman–Crippen LogP) is 3.12. The Labute approximate surface area is 130 Å². The van der Waals surface area contributed by atoms with Crippen molar-refractivity contribution >= 4 is 22.4 Å². The lowest BCUT2D eigenvalue weighted by Gasteiger charge is -2.21. The lowest BCUT2D eigenvalue weighted by molar-refractivity contribution is -0.120. The molecule has 5 nitrogen and oxygen atoms in total. The van der Waals surface area contributed by atoms with Gasteiger partial charge in [0.05, 0.1) is 5.54 Å². The fourth-order valence-electron chi connectivity index (χ4n) is 2.90. The summed E-state index contributed by atoms with van der Waals surface area (Å²) in [6.45, 7) is 3.78. The number of carbonyl (C=O) groups is 1. The van der Waals surface area contributed by atoms with Gasteiger partial charge in [0, 0.05) is 6.42 Å². The van der Waals surface area contributed by atoms with Gasteiger partial charge in [-0.15, -0.1) is 10.2 Å². The van der Waals surface area contributed by atoms with Gasteiger partial charge in [0.25, 0.3) is 0 Å². The molecule has 118 valence electrons. The van der Waals surface area contributed by atoms with Crippen molar-refractivity contribution in [1.82, 2.24) is 10.2 Å². The number of nitrogens with one attached hydrogen (secondary N) is 1. The number of hydrogen-bond acceptors (Lipinski definition) is 5. The van der Waals surface area contributed by atoms with E-state index in [0.717, 1.165) is 23.8 Å². The zero-order valence-electron chi connectivity index (χ0n) is 13.0. The molecule has 3 N–H and O–H groups in total. The fourth-order valence-corrected chi connectivity index (χ4v) is 3.75. The Morgan fingerprint density at radius 2 is 2.10 bits per heavy atom. The van der Waals surface area contributed by atoms with Crippen molar-refractivity contribution in [3.8, 4) is 0 Å². The van der Waals surface area contributed by atoms with Crippen LogP contribution in [0.4, 0.5) is 5.13 Å². The maximum absolute atomic E-state index is 12.1. The molecule has 0 radical (unpaired) electrons. The maximum atomic E-state index is 12.1. The second-order valence-electron chi connectivity index (χ2n) is 6.33. The van der Waals surface area contributed by atoms with Gasteiger partial charge in [-0.05, 0) is 19.3 Å². The minimum absolute atomic E-state index is 0.176. The smallest absolute Gasteiger partial charge is 0.245 e. The molecule has 1 fully saturated rings. The summed E-state index contributed by atoms with van der Waals surface area (Å²) in [6.07, 6.45) is 9.13. The van der Waals surface area contributed by atoms with Crippen molar-refractivity contribution in [1.29, 1.82) is 0 Å². The number of rotatable bonds is 6. The lowest BCUT2D eigenvalue weighted by atomic mass is 9.87. The molecule has 1 aliphatic carbocycles. The van der Waals surface area contributed by atoms with E-state index in [1.54, 1.807) is 6.92 Å². The lowest BCUT2D eigenvalue weighted by Crippen LogP contribution is -2.48. The van der Waals surface area contributed by atoms with Crippen LogP contribution in [0.25, 0.3) is 0 Å². The summed E-state index contributed by atoms with van der Waals surface area (Å²) in [5, 5.41) is 12.7. The van der Waals surface area contributed by atoms with Crippen LogP contribution in [-0.4, -0.2) is 21.6 Å². The first-order valence-corrected chi connectivity index (χ1v) is 8.75. The van der Waals surface area contributed by atoms with Crippen LogP contribution in [0.5, 0.6) is 0 Å². The molecular formula is C15H26N4OS. The van der Waals surface area contributed by atoms with E-state index >= 15 is 0 Å². The number of hydrogen-bond donors (Lipinski definition) is 2. The summed E-state index contributed by atoms with van der Waals surface area (Å²) in [5.74, 6) is 0.555. The average Bonchev–Trinajstić information content (AvgIpc) is 2.87. The third kappa shape index (κ3) is 4.74. The molecule has 1 amide bonds. The van der Waals surface area contributed by atoms with Crippen LogP contribution in [-0.2, 0) is 11.2 Å². The van der Waals surface area contributed by atoms with Crippen LogP contribution >= 0.6 is 11.3 Å². The highest BCUT2D eigenvalue weighted by Crippen LogP contribution is 2.28.